The van der Waals surface area contributed by atoms with E-state index in [1.54, 1.807) is 0 Å². The van der Waals surface area contributed by atoms with Gasteiger partial charge < -0.3 is 14.8 Å². The molecule has 0 saturated heterocycles. The summed E-state index contributed by atoms with van der Waals surface area (Å²) in [5.41, 5.74) is 0.879. The molecule has 0 aliphatic rings. The fraction of sp³-hybridized carbons (Fsp3) is 0.348. The molecule has 176 valence electrons. The minimum Gasteiger partial charge on any atom is -0.372 e. The van der Waals surface area contributed by atoms with Gasteiger partial charge in [0.1, 0.15) is 0 Å². The molecule has 0 spiro atoms. The number of thioether (sulfide) groups is 1. The van der Waals surface area contributed by atoms with Crippen LogP contribution in [0.4, 0.5) is 24.5 Å². The van der Waals surface area contributed by atoms with E-state index in [-0.39, 0.29) is 11.4 Å². The zero-order valence-electron chi connectivity index (χ0n) is 18.7. The van der Waals surface area contributed by atoms with Gasteiger partial charge in [-0.1, -0.05) is 23.9 Å². The van der Waals surface area contributed by atoms with Crippen LogP contribution in [0.15, 0.2) is 53.7 Å². The average Bonchev–Trinajstić information content (AvgIpc) is 3.21. The lowest BCUT2D eigenvalue weighted by molar-refractivity contribution is -0.137. The van der Waals surface area contributed by atoms with Gasteiger partial charge in [0.05, 0.1) is 17.0 Å². The van der Waals surface area contributed by atoms with Crippen LogP contribution in [0.25, 0.3) is 11.4 Å². The van der Waals surface area contributed by atoms with Gasteiger partial charge in [0, 0.05) is 30.9 Å². The van der Waals surface area contributed by atoms with E-state index in [9.17, 15) is 18.0 Å². The Morgan fingerprint density at radius 2 is 1.70 bits per heavy atom. The van der Waals surface area contributed by atoms with Crippen molar-refractivity contribution >= 4 is 29.0 Å². The molecule has 2 aromatic carbocycles. The summed E-state index contributed by atoms with van der Waals surface area (Å²) in [7, 11) is 0. The number of hydrogen-bond donors (Lipinski definition) is 1. The Balaban J connectivity index is 1.71. The van der Waals surface area contributed by atoms with Gasteiger partial charge in [0.25, 0.3) is 0 Å². The Morgan fingerprint density at radius 1 is 1.03 bits per heavy atom. The molecule has 1 heterocycles. The van der Waals surface area contributed by atoms with Crippen molar-refractivity contribution in [2.24, 2.45) is 0 Å². The van der Waals surface area contributed by atoms with Crippen LogP contribution in [0.3, 0.4) is 0 Å². The highest BCUT2D eigenvalue weighted by Crippen LogP contribution is 2.34. The molecule has 0 saturated carbocycles. The number of amides is 1. The van der Waals surface area contributed by atoms with Crippen LogP contribution in [0, 0.1) is 0 Å². The molecule has 0 aliphatic carbocycles. The number of hydrogen-bond acceptors (Lipinski definition) is 5. The predicted molar refractivity (Wildman–Crippen MR) is 125 cm³/mol. The van der Waals surface area contributed by atoms with Crippen LogP contribution in [0.5, 0.6) is 0 Å². The highest BCUT2D eigenvalue weighted by atomic mass is 32.2. The van der Waals surface area contributed by atoms with Crippen LogP contribution < -0.4 is 10.2 Å². The van der Waals surface area contributed by atoms with E-state index in [0.29, 0.717) is 17.5 Å². The van der Waals surface area contributed by atoms with E-state index >= 15 is 0 Å². The van der Waals surface area contributed by atoms with E-state index in [4.69, 9.17) is 0 Å². The molecular formula is C23H26F3N5OS. The van der Waals surface area contributed by atoms with Gasteiger partial charge in [-0.3, -0.25) is 4.79 Å². The number of nitrogens with one attached hydrogen (secondary N) is 1. The Bertz CT molecular complexity index is 1080. The third kappa shape index (κ3) is 5.87. The smallest absolute Gasteiger partial charge is 0.372 e. The molecule has 0 unspecified atom stereocenters. The first-order chi connectivity index (χ1) is 15.8. The first-order valence-electron chi connectivity index (χ1n) is 10.7. The number of carbonyl (C=O) groups is 1. The predicted octanol–water partition coefficient (Wildman–Crippen LogP) is 5.56. The van der Waals surface area contributed by atoms with Crippen LogP contribution in [0.1, 0.15) is 26.3 Å². The lowest BCUT2D eigenvalue weighted by atomic mass is 10.1. The van der Waals surface area contributed by atoms with E-state index < -0.39 is 17.6 Å². The number of anilines is 2. The molecule has 3 rings (SSSR count). The van der Waals surface area contributed by atoms with Gasteiger partial charge in [-0.2, -0.15) is 13.2 Å². The first kappa shape index (κ1) is 24.6. The van der Waals surface area contributed by atoms with Crippen molar-refractivity contribution < 1.29 is 18.0 Å². The molecule has 1 aromatic heterocycles. The molecule has 0 atom stereocenters. The quantitative estimate of drug-likeness (QED) is 0.409. The minimum absolute atomic E-state index is 0.0920. The van der Waals surface area contributed by atoms with Gasteiger partial charge in [0.15, 0.2) is 11.0 Å². The molecule has 0 fully saturated rings. The van der Waals surface area contributed by atoms with Crippen molar-refractivity contribution in [3.8, 4) is 11.4 Å². The monoisotopic (exact) mass is 477 g/mol. The number of nitrogens with zero attached hydrogens (tertiary/aromatic N) is 4. The largest absolute Gasteiger partial charge is 0.418 e. The Kier molecular flexibility index (Phi) is 8.01. The number of carbonyl (C=O) groups excluding carboxylic acids is 1. The number of para-hydroxylation sites is 1. The van der Waals surface area contributed by atoms with E-state index in [2.05, 4.69) is 34.3 Å². The summed E-state index contributed by atoms with van der Waals surface area (Å²) < 4.78 is 41.3. The summed E-state index contributed by atoms with van der Waals surface area (Å²) in [4.78, 5) is 14.6. The fourth-order valence-corrected chi connectivity index (χ4v) is 4.26. The van der Waals surface area contributed by atoms with Gasteiger partial charge >= 0.3 is 6.18 Å². The average molecular weight is 478 g/mol. The molecule has 1 amide bonds. The lowest BCUT2D eigenvalue weighted by Crippen LogP contribution is -2.21. The maximum atomic E-state index is 13.1. The summed E-state index contributed by atoms with van der Waals surface area (Å²) in [5.74, 6) is 0.0343. The molecule has 0 aliphatic heterocycles. The molecule has 0 bridgehead atoms. The van der Waals surface area contributed by atoms with Crippen molar-refractivity contribution in [3.05, 3.63) is 54.1 Å². The normalized spacial score (nSPS) is 11.5. The lowest BCUT2D eigenvalue weighted by Gasteiger charge is -2.21. The molecule has 0 radical (unpaired) electrons. The molecule has 1 N–H and O–H groups in total. The minimum atomic E-state index is -4.55. The molecular weight excluding hydrogens is 451 g/mol. The summed E-state index contributed by atoms with van der Waals surface area (Å²) in [6.07, 6.45) is -4.55. The van der Waals surface area contributed by atoms with Crippen molar-refractivity contribution in [1.82, 2.24) is 14.8 Å². The molecule has 10 heteroatoms. The van der Waals surface area contributed by atoms with Crippen LogP contribution in [-0.2, 0) is 17.5 Å². The topological polar surface area (TPSA) is 63.1 Å². The van der Waals surface area contributed by atoms with Crippen molar-refractivity contribution in [1.29, 1.82) is 0 Å². The van der Waals surface area contributed by atoms with E-state index in [1.807, 2.05) is 35.8 Å². The zero-order valence-corrected chi connectivity index (χ0v) is 19.5. The second-order valence-electron chi connectivity index (χ2n) is 7.15. The number of halogens is 3. The molecule has 3 aromatic rings. The summed E-state index contributed by atoms with van der Waals surface area (Å²) in [6, 6.07) is 13.0. The number of alkyl halides is 3. The Labute approximate surface area is 195 Å². The van der Waals surface area contributed by atoms with Crippen LogP contribution in [0.2, 0.25) is 0 Å². The molecule has 33 heavy (non-hydrogen) atoms. The van der Waals surface area contributed by atoms with Gasteiger partial charge in [-0.15, -0.1) is 10.2 Å². The fourth-order valence-electron chi connectivity index (χ4n) is 3.46. The van der Waals surface area contributed by atoms with E-state index in [1.165, 1.54) is 18.2 Å². The number of aromatic nitrogens is 3. The van der Waals surface area contributed by atoms with Gasteiger partial charge in [0.2, 0.25) is 5.91 Å². The third-order valence-corrected chi connectivity index (χ3v) is 6.09. The van der Waals surface area contributed by atoms with Crippen LogP contribution in [-0.4, -0.2) is 39.5 Å². The Morgan fingerprint density at radius 3 is 2.30 bits per heavy atom. The molecule has 6 nitrogen and oxygen atoms in total. The Hall–Kier alpha value is -3.01. The number of rotatable bonds is 9. The van der Waals surface area contributed by atoms with Gasteiger partial charge in [-0.05, 0) is 57.2 Å². The third-order valence-electron chi connectivity index (χ3n) is 5.13. The standard InChI is InChI=1S/C23H26F3N5OS/c1-4-30(5-2)17-13-11-16(12-14-17)21-28-29-22(31(21)6-3)33-15-20(32)27-19-10-8-7-9-18(19)23(24,25)26/h7-14H,4-6,15H2,1-3H3,(H,27,32). The van der Waals surface area contributed by atoms with E-state index in [0.717, 1.165) is 42.2 Å². The number of benzene rings is 2. The van der Waals surface area contributed by atoms with Crippen molar-refractivity contribution in [2.75, 3.05) is 29.1 Å². The highest BCUT2D eigenvalue weighted by Gasteiger charge is 2.33. The summed E-state index contributed by atoms with van der Waals surface area (Å²) in [6.45, 7) is 8.56. The zero-order chi connectivity index (χ0) is 24.0. The first-order valence-corrected chi connectivity index (χ1v) is 11.6. The second kappa shape index (κ2) is 10.7. The van der Waals surface area contributed by atoms with Gasteiger partial charge in [-0.25, -0.2) is 0 Å². The summed E-state index contributed by atoms with van der Waals surface area (Å²) >= 11 is 1.13. The maximum Gasteiger partial charge on any atom is 0.418 e. The van der Waals surface area contributed by atoms with Crippen molar-refractivity contribution in [2.45, 2.75) is 38.6 Å². The summed E-state index contributed by atoms with van der Waals surface area (Å²) in [5, 5.41) is 11.3. The highest BCUT2D eigenvalue weighted by molar-refractivity contribution is 7.99. The van der Waals surface area contributed by atoms with Crippen LogP contribution >= 0.6 is 11.8 Å². The second-order valence-corrected chi connectivity index (χ2v) is 8.09. The maximum absolute atomic E-state index is 13.1. The van der Waals surface area contributed by atoms with Crippen molar-refractivity contribution in [3.63, 3.8) is 0 Å². The SMILES string of the molecule is CCN(CC)c1ccc(-c2nnc(SCC(=O)Nc3ccccc3C(F)(F)F)n2CC)cc1.